The second-order valence-electron chi connectivity index (χ2n) is 6.45. The molecular weight excluding hydrogens is 441 g/mol. The van der Waals surface area contributed by atoms with Gasteiger partial charge in [0.05, 0.1) is 16.0 Å². The number of benzene rings is 2. The largest absolute Gasteiger partial charge is 0.445 e. The fourth-order valence-corrected chi connectivity index (χ4v) is 4.08. The Labute approximate surface area is 174 Å². The lowest BCUT2D eigenvalue weighted by atomic mass is 10.1. The van der Waals surface area contributed by atoms with E-state index in [2.05, 4.69) is 4.72 Å². The van der Waals surface area contributed by atoms with Gasteiger partial charge in [0.1, 0.15) is 5.76 Å². The van der Waals surface area contributed by atoms with E-state index in [1.165, 1.54) is 31.3 Å². The highest BCUT2D eigenvalue weighted by Crippen LogP contribution is 2.36. The predicted molar refractivity (Wildman–Crippen MR) is 107 cm³/mol. The van der Waals surface area contributed by atoms with Crippen molar-refractivity contribution in [2.24, 2.45) is 0 Å². The maximum atomic E-state index is 12.9. The summed E-state index contributed by atoms with van der Waals surface area (Å²) in [5.41, 5.74) is 0.849. The number of alkyl halides is 3. The minimum Gasteiger partial charge on any atom is -0.445 e. The van der Waals surface area contributed by atoms with Gasteiger partial charge >= 0.3 is 6.18 Å². The number of hydrogen-bond donors (Lipinski definition) is 1. The van der Waals surface area contributed by atoms with Crippen molar-refractivity contribution in [3.63, 3.8) is 0 Å². The first-order chi connectivity index (χ1) is 14.1. The summed E-state index contributed by atoms with van der Waals surface area (Å²) in [4.78, 5) is 0.0431. The van der Waals surface area contributed by atoms with E-state index in [4.69, 9.17) is 16.0 Å². The van der Waals surface area contributed by atoms with Crippen LogP contribution >= 0.6 is 11.6 Å². The molecule has 0 aliphatic rings. The van der Waals surface area contributed by atoms with Crippen molar-refractivity contribution in [3.8, 4) is 17.0 Å². The van der Waals surface area contributed by atoms with Crippen LogP contribution in [-0.2, 0) is 16.2 Å². The van der Waals surface area contributed by atoms with E-state index in [1.807, 2.05) is 0 Å². The smallest absolute Gasteiger partial charge is 0.416 e. The zero-order chi connectivity index (χ0) is 21.7. The summed E-state index contributed by atoms with van der Waals surface area (Å²) < 4.78 is 72.6. The molecule has 4 rings (SSSR count). The van der Waals surface area contributed by atoms with Crippen LogP contribution in [0.25, 0.3) is 27.9 Å². The molecule has 0 atom stereocenters. The van der Waals surface area contributed by atoms with Gasteiger partial charge in [-0.1, -0.05) is 0 Å². The summed E-state index contributed by atoms with van der Waals surface area (Å²) in [6.45, 7) is 0. The minimum absolute atomic E-state index is 0.0431. The third-order valence-electron chi connectivity index (χ3n) is 4.67. The molecule has 0 saturated heterocycles. The fraction of sp³-hybridized carbons (Fsp3) is 0.100. The average molecular weight is 455 g/mol. The third kappa shape index (κ3) is 3.60. The number of nitrogens with one attached hydrogen (secondary N) is 1. The first-order valence-electron chi connectivity index (χ1n) is 8.62. The highest BCUT2D eigenvalue weighted by atomic mass is 35.5. The number of fused-ring (bicyclic) bond motifs is 1. The van der Waals surface area contributed by atoms with Crippen molar-refractivity contribution in [2.45, 2.75) is 11.1 Å². The molecule has 0 spiro atoms. The summed E-state index contributed by atoms with van der Waals surface area (Å²) in [5.74, 6) is 0.398. The number of halogens is 4. The Bertz CT molecular complexity index is 1340. The van der Waals surface area contributed by atoms with Crippen molar-refractivity contribution < 1.29 is 26.0 Å². The zero-order valence-electron chi connectivity index (χ0n) is 15.4. The second kappa shape index (κ2) is 7.19. The van der Waals surface area contributed by atoms with Crippen molar-refractivity contribution in [2.75, 3.05) is 7.05 Å². The molecule has 2 heterocycles. The third-order valence-corrected chi connectivity index (χ3v) is 6.28. The predicted octanol–water partition coefficient (Wildman–Crippen LogP) is 5.47. The monoisotopic (exact) mass is 454 g/mol. The molecule has 0 aliphatic heterocycles. The highest BCUT2D eigenvalue weighted by molar-refractivity contribution is 7.89. The molecule has 0 aliphatic carbocycles. The lowest BCUT2D eigenvalue weighted by Crippen LogP contribution is -2.18. The first-order valence-corrected chi connectivity index (χ1v) is 10.5. The Kier molecular flexibility index (Phi) is 4.92. The Morgan fingerprint density at radius 1 is 1.03 bits per heavy atom. The van der Waals surface area contributed by atoms with Crippen molar-refractivity contribution in [1.29, 1.82) is 0 Å². The maximum absolute atomic E-state index is 12.9. The molecular formula is C20H14ClF3N2O3S. The van der Waals surface area contributed by atoms with E-state index in [9.17, 15) is 21.6 Å². The molecule has 0 fully saturated rings. The molecule has 0 unspecified atom stereocenters. The van der Waals surface area contributed by atoms with Crippen molar-refractivity contribution in [1.82, 2.24) is 9.29 Å². The quantitative estimate of drug-likeness (QED) is 0.444. The minimum atomic E-state index is -4.44. The van der Waals surface area contributed by atoms with Gasteiger partial charge in [-0.15, -0.1) is 0 Å². The molecule has 0 radical (unpaired) electrons. The van der Waals surface area contributed by atoms with Gasteiger partial charge in [-0.2, -0.15) is 13.2 Å². The fourth-order valence-electron chi connectivity index (χ4n) is 3.17. The number of hydrogen-bond acceptors (Lipinski definition) is 3. The summed E-state index contributed by atoms with van der Waals surface area (Å²) in [5, 5.41) is 0.691. The first kappa shape index (κ1) is 20.5. The molecule has 156 valence electrons. The second-order valence-corrected chi connectivity index (χ2v) is 8.71. The standard InChI is InChI=1S/C20H14ClF3N2O3S/c1-25-30(27,28)14-6-7-17-15(10-14)16(18-8-9-19(21)29-18)11-26(17)13-4-2-12(3-5-13)20(22,23)24/h2-11,25H,1H3. The van der Waals surface area contributed by atoms with E-state index >= 15 is 0 Å². The van der Waals surface area contributed by atoms with Crippen molar-refractivity contribution >= 4 is 32.5 Å². The van der Waals surface area contributed by atoms with Gasteiger partial charge in [0.2, 0.25) is 10.0 Å². The molecule has 4 aromatic rings. The summed E-state index contributed by atoms with van der Waals surface area (Å²) in [6, 6.07) is 12.3. The molecule has 0 amide bonds. The number of sulfonamides is 1. The van der Waals surface area contributed by atoms with Gasteiger partial charge in [-0.25, -0.2) is 13.1 Å². The van der Waals surface area contributed by atoms with Crippen LogP contribution in [0, 0.1) is 0 Å². The molecule has 0 saturated carbocycles. The van der Waals surface area contributed by atoms with E-state index in [0.29, 0.717) is 27.9 Å². The number of rotatable bonds is 4. The summed E-state index contributed by atoms with van der Waals surface area (Å²) in [7, 11) is -2.40. The van der Waals surface area contributed by atoms with Gasteiger partial charge in [0.25, 0.3) is 0 Å². The van der Waals surface area contributed by atoms with Gasteiger partial charge in [-0.3, -0.25) is 0 Å². The molecule has 2 aromatic heterocycles. The van der Waals surface area contributed by atoms with E-state index in [-0.39, 0.29) is 10.1 Å². The normalized spacial score (nSPS) is 12.6. The van der Waals surface area contributed by atoms with Gasteiger partial charge < -0.3 is 8.98 Å². The van der Waals surface area contributed by atoms with Crippen LogP contribution in [0.2, 0.25) is 5.22 Å². The summed E-state index contributed by atoms with van der Waals surface area (Å²) in [6.07, 6.45) is -2.78. The highest BCUT2D eigenvalue weighted by Gasteiger charge is 2.30. The van der Waals surface area contributed by atoms with Crippen molar-refractivity contribution in [3.05, 3.63) is 71.6 Å². The molecule has 1 N–H and O–H groups in total. The lowest BCUT2D eigenvalue weighted by Gasteiger charge is -2.09. The number of nitrogens with zero attached hydrogens (tertiary/aromatic N) is 1. The van der Waals surface area contributed by atoms with Crippen LogP contribution in [0.1, 0.15) is 5.56 Å². The topological polar surface area (TPSA) is 64.2 Å². The average Bonchev–Trinajstić information content (AvgIpc) is 3.30. The van der Waals surface area contributed by atoms with Crippen LogP contribution in [0.3, 0.4) is 0 Å². The number of furan rings is 1. The van der Waals surface area contributed by atoms with E-state index in [1.54, 1.807) is 29.0 Å². The van der Waals surface area contributed by atoms with Gasteiger partial charge in [0.15, 0.2) is 5.22 Å². The zero-order valence-corrected chi connectivity index (χ0v) is 16.9. The van der Waals surface area contributed by atoms with Gasteiger partial charge in [-0.05, 0) is 73.2 Å². The summed E-state index contributed by atoms with van der Waals surface area (Å²) >= 11 is 5.89. The number of aromatic nitrogens is 1. The van der Waals surface area contributed by atoms with Crippen LogP contribution in [-0.4, -0.2) is 20.0 Å². The van der Waals surface area contributed by atoms with Crippen LogP contribution in [0.15, 0.2) is 70.1 Å². The molecule has 30 heavy (non-hydrogen) atoms. The Morgan fingerprint density at radius 2 is 1.73 bits per heavy atom. The van der Waals surface area contributed by atoms with Crippen LogP contribution in [0.4, 0.5) is 13.2 Å². The Morgan fingerprint density at radius 3 is 2.30 bits per heavy atom. The molecule has 10 heteroatoms. The molecule has 5 nitrogen and oxygen atoms in total. The molecule has 2 aromatic carbocycles. The maximum Gasteiger partial charge on any atom is 0.416 e. The van der Waals surface area contributed by atoms with E-state index in [0.717, 1.165) is 12.1 Å². The van der Waals surface area contributed by atoms with E-state index < -0.39 is 21.8 Å². The molecule has 0 bridgehead atoms. The lowest BCUT2D eigenvalue weighted by molar-refractivity contribution is -0.137. The Balaban J connectivity index is 1.95. The van der Waals surface area contributed by atoms with Crippen LogP contribution < -0.4 is 4.72 Å². The van der Waals surface area contributed by atoms with Crippen LogP contribution in [0.5, 0.6) is 0 Å². The SMILES string of the molecule is CNS(=O)(=O)c1ccc2c(c1)c(-c1ccc(Cl)o1)cn2-c1ccc(C(F)(F)F)cc1. The Hall–Kier alpha value is -2.75. The van der Waals surface area contributed by atoms with Gasteiger partial charge in [0, 0.05) is 22.8 Å².